The maximum Gasteiger partial charge on any atom is 0.251 e. The molecule has 1 aliphatic carbocycles. The second-order valence-corrected chi connectivity index (χ2v) is 14.9. The monoisotopic (exact) mass is 631 g/mol. The van der Waals surface area contributed by atoms with Crippen LogP contribution in [0.3, 0.4) is 0 Å². The normalized spacial score (nSPS) is 29.2. The van der Waals surface area contributed by atoms with E-state index in [-0.39, 0.29) is 29.0 Å². The highest BCUT2D eigenvalue weighted by molar-refractivity contribution is 5.97. The smallest absolute Gasteiger partial charge is 0.251 e. The molecule has 3 atom stereocenters. The van der Waals surface area contributed by atoms with E-state index in [9.17, 15) is 14.0 Å². The summed E-state index contributed by atoms with van der Waals surface area (Å²) in [4.78, 5) is 37.1. The van der Waals surface area contributed by atoms with Crippen LogP contribution in [0.2, 0.25) is 0 Å². The molecule has 4 heterocycles. The largest absolute Gasteiger partial charge is 0.379 e. The van der Waals surface area contributed by atoms with Gasteiger partial charge in [0.25, 0.3) is 5.56 Å². The van der Waals surface area contributed by atoms with E-state index >= 15 is 0 Å². The van der Waals surface area contributed by atoms with E-state index in [1.807, 2.05) is 11.0 Å². The lowest BCUT2D eigenvalue weighted by Crippen LogP contribution is -2.61. The average molecular weight is 632 g/mol. The first kappa shape index (κ1) is 34.5. The predicted molar refractivity (Wildman–Crippen MR) is 177 cm³/mol. The number of nitrogens with one attached hydrogen (secondary N) is 2. The zero-order valence-electron chi connectivity index (χ0n) is 28.3. The van der Waals surface area contributed by atoms with Gasteiger partial charge in [-0.25, -0.2) is 4.39 Å². The Bertz CT molecular complexity index is 1170. The van der Waals surface area contributed by atoms with E-state index in [1.54, 1.807) is 0 Å². The molecule has 0 radical (unpaired) electrons. The molecular weight excluding hydrogens is 573 g/mol. The number of hydrogen-bond acceptors (Lipinski definition) is 7. The quantitative estimate of drug-likeness (QED) is 0.318. The van der Waals surface area contributed by atoms with Crippen LogP contribution in [0.1, 0.15) is 90.3 Å². The third-order valence-electron chi connectivity index (χ3n) is 10.4. The molecule has 3 fully saturated rings. The van der Waals surface area contributed by atoms with Crippen LogP contribution in [0.25, 0.3) is 0 Å². The average Bonchev–Trinajstić information content (AvgIpc) is 3.27. The summed E-state index contributed by atoms with van der Waals surface area (Å²) < 4.78 is 25.7. The fourth-order valence-corrected chi connectivity index (χ4v) is 7.72. The number of ether oxygens (including phenoxy) is 2. The molecule has 1 saturated carbocycles. The number of hydrogen-bond donors (Lipinski definition) is 2. The number of anilines is 1. The molecule has 10 heteroatoms. The second kappa shape index (κ2) is 15.8. The summed E-state index contributed by atoms with van der Waals surface area (Å²) in [6.45, 7) is 15.9. The van der Waals surface area contributed by atoms with Gasteiger partial charge in [0.2, 0.25) is 5.91 Å². The highest BCUT2D eigenvalue weighted by Gasteiger charge is 2.41. The lowest BCUT2D eigenvalue weighted by atomic mass is 9.84. The van der Waals surface area contributed by atoms with Crippen molar-refractivity contribution in [2.24, 2.45) is 5.92 Å². The maximum absolute atomic E-state index is 14.1. The molecule has 3 aliphatic heterocycles. The fourth-order valence-electron chi connectivity index (χ4n) is 7.72. The molecule has 9 nitrogen and oxygen atoms in total. The van der Waals surface area contributed by atoms with Crippen molar-refractivity contribution in [2.75, 3.05) is 70.5 Å². The molecule has 1 amide bonds. The van der Waals surface area contributed by atoms with Crippen molar-refractivity contribution in [3.05, 3.63) is 27.7 Å². The van der Waals surface area contributed by atoms with Gasteiger partial charge in [0.15, 0.2) is 0 Å². The zero-order chi connectivity index (χ0) is 32.0. The third-order valence-corrected chi connectivity index (χ3v) is 10.4. The van der Waals surface area contributed by atoms with Crippen LogP contribution in [0.15, 0.2) is 10.9 Å². The number of nitrogens with zero attached hydrogens (tertiary/aromatic N) is 3. The van der Waals surface area contributed by atoms with Gasteiger partial charge in [0.1, 0.15) is 6.17 Å². The maximum atomic E-state index is 14.1. The number of piperazine rings is 1. The summed E-state index contributed by atoms with van der Waals surface area (Å²) in [6, 6.07) is 2.47. The van der Waals surface area contributed by atoms with Crippen LogP contribution < -0.4 is 15.8 Å². The first-order chi connectivity index (χ1) is 21.6. The van der Waals surface area contributed by atoms with Crippen molar-refractivity contribution in [3.8, 4) is 0 Å². The first-order valence-electron chi connectivity index (χ1n) is 17.7. The Labute approximate surface area is 269 Å². The Morgan fingerprint density at radius 2 is 1.96 bits per heavy atom. The highest BCUT2D eigenvalue weighted by Crippen LogP contribution is 2.39. The molecule has 1 aromatic heterocycles. The van der Waals surface area contributed by atoms with E-state index < -0.39 is 6.17 Å². The number of amides is 1. The predicted octanol–water partition coefficient (Wildman–Crippen LogP) is 4.03. The number of fused-ring (bicyclic) bond motifs is 1. The topological polar surface area (TPSA) is 90.1 Å². The molecule has 0 spiro atoms. The van der Waals surface area contributed by atoms with Crippen LogP contribution in [-0.4, -0.2) is 111 Å². The number of H-pyrrole nitrogens is 1. The second-order valence-electron chi connectivity index (χ2n) is 14.9. The minimum absolute atomic E-state index is 0.0693. The van der Waals surface area contributed by atoms with Gasteiger partial charge in [-0.05, 0) is 57.4 Å². The highest BCUT2D eigenvalue weighted by atomic mass is 19.1. The van der Waals surface area contributed by atoms with Crippen molar-refractivity contribution in [1.29, 1.82) is 0 Å². The van der Waals surface area contributed by atoms with E-state index in [1.165, 1.54) is 19.3 Å². The van der Waals surface area contributed by atoms with E-state index in [4.69, 9.17) is 9.47 Å². The van der Waals surface area contributed by atoms with E-state index in [0.29, 0.717) is 63.1 Å². The van der Waals surface area contributed by atoms with Crippen molar-refractivity contribution >= 4 is 11.6 Å². The van der Waals surface area contributed by atoms with E-state index in [0.717, 1.165) is 70.0 Å². The van der Waals surface area contributed by atoms with Crippen LogP contribution in [0.4, 0.5) is 10.1 Å². The number of rotatable bonds is 13. The summed E-state index contributed by atoms with van der Waals surface area (Å²) in [5.41, 5.74) is 1.98. The van der Waals surface area contributed by atoms with Gasteiger partial charge in [-0.1, -0.05) is 40.0 Å². The molecule has 2 N–H and O–H groups in total. The molecular formula is C35H58FN5O4. The Balaban J connectivity index is 1.21. The molecule has 254 valence electrons. The van der Waals surface area contributed by atoms with Crippen LogP contribution in [0, 0.1) is 5.92 Å². The van der Waals surface area contributed by atoms with Crippen molar-refractivity contribution < 1.29 is 18.7 Å². The minimum atomic E-state index is -0.714. The third kappa shape index (κ3) is 9.15. The first-order valence-corrected chi connectivity index (χ1v) is 17.7. The number of morpholine rings is 1. The number of unbranched alkanes of at least 4 members (excludes halogenated alkanes) is 3. The Morgan fingerprint density at radius 3 is 2.73 bits per heavy atom. The van der Waals surface area contributed by atoms with Gasteiger partial charge in [0.05, 0.1) is 31.5 Å². The van der Waals surface area contributed by atoms with Crippen LogP contribution in [-0.2, 0) is 26.1 Å². The number of halogens is 1. The van der Waals surface area contributed by atoms with Gasteiger partial charge in [-0.15, -0.1) is 0 Å². The summed E-state index contributed by atoms with van der Waals surface area (Å²) in [7, 11) is 0. The van der Waals surface area contributed by atoms with Gasteiger partial charge in [0, 0.05) is 74.6 Å². The van der Waals surface area contributed by atoms with Crippen molar-refractivity contribution in [3.63, 3.8) is 0 Å². The Kier molecular flexibility index (Phi) is 12.1. The Hall–Kier alpha value is -1.85. The molecule has 2 saturated heterocycles. The number of pyridine rings is 1. The molecule has 4 aliphatic rings. The van der Waals surface area contributed by atoms with Gasteiger partial charge in [-0.2, -0.15) is 0 Å². The summed E-state index contributed by atoms with van der Waals surface area (Å²) in [5, 5.41) is 3.64. The number of alkyl halides is 1. The number of carbonyl (C=O) groups is 1. The summed E-state index contributed by atoms with van der Waals surface area (Å²) >= 11 is 0. The van der Waals surface area contributed by atoms with Crippen molar-refractivity contribution in [1.82, 2.24) is 20.1 Å². The van der Waals surface area contributed by atoms with E-state index in [2.05, 4.69) is 47.8 Å². The minimum Gasteiger partial charge on any atom is -0.379 e. The molecule has 5 rings (SSSR count). The number of aromatic amines is 1. The zero-order valence-corrected chi connectivity index (χ0v) is 28.3. The van der Waals surface area contributed by atoms with Gasteiger partial charge < -0.3 is 24.7 Å². The lowest BCUT2D eigenvalue weighted by Gasteiger charge is -2.43. The van der Waals surface area contributed by atoms with Crippen molar-refractivity contribution in [2.45, 2.75) is 115 Å². The molecule has 0 aromatic carbocycles. The number of carbonyl (C=O) groups excluding carboxylic acids is 1. The lowest BCUT2D eigenvalue weighted by molar-refractivity contribution is -0.121. The Morgan fingerprint density at radius 1 is 1.16 bits per heavy atom. The SMILES string of the molecule is CCCCCCOC[C@@H]1CN(CC2CN[C@H](C)CN2CC(=O)N2CC(C)(C)c3[nH]c(=O)c(CC4CCC(F)CC4)cc32)CCO1. The van der Waals surface area contributed by atoms with Gasteiger partial charge >= 0.3 is 0 Å². The van der Waals surface area contributed by atoms with Crippen LogP contribution in [0.5, 0.6) is 0 Å². The summed E-state index contributed by atoms with van der Waals surface area (Å²) in [6.07, 6.45) is 7.60. The molecule has 45 heavy (non-hydrogen) atoms. The molecule has 0 bridgehead atoms. The summed E-state index contributed by atoms with van der Waals surface area (Å²) in [5.74, 6) is 0.392. The van der Waals surface area contributed by atoms with Gasteiger partial charge in [-0.3, -0.25) is 19.4 Å². The molecule has 1 unspecified atom stereocenters. The fraction of sp³-hybridized carbons (Fsp3) is 0.829. The van der Waals surface area contributed by atoms with Crippen LogP contribution >= 0.6 is 0 Å². The molecule has 1 aromatic rings. The standard InChI is InChI=1S/C35H58FN5O4/c1-5-6-7-8-14-44-23-30-21-39(13-15-45-30)20-29-18-37-25(2)19-40(29)22-32(42)41-24-35(3,4)33-31(41)17-27(34(43)38-33)16-26-9-11-28(36)12-10-26/h17,25-26,28-30,37H,5-16,18-24H2,1-4H3,(H,38,43)/t25-,26?,28?,29?,30+/m1/s1. The number of aromatic nitrogens is 1.